The van der Waals surface area contributed by atoms with Gasteiger partial charge in [-0.05, 0) is 19.8 Å². The van der Waals surface area contributed by atoms with Crippen molar-refractivity contribution in [2.75, 3.05) is 7.11 Å². The number of carbonyl (C=O) groups excluding carboxylic acids is 1. The Morgan fingerprint density at radius 3 is 3.00 bits per heavy atom. The molecule has 1 aliphatic rings. The van der Waals surface area contributed by atoms with Gasteiger partial charge in [0.15, 0.2) is 5.82 Å². The number of carbonyl (C=O) groups is 1. The first-order valence-electron chi connectivity index (χ1n) is 5.11. The first-order chi connectivity index (χ1) is 7.22. The quantitative estimate of drug-likeness (QED) is 0.758. The van der Waals surface area contributed by atoms with Crippen molar-refractivity contribution in [3.05, 3.63) is 11.7 Å². The molecule has 1 saturated carbocycles. The van der Waals surface area contributed by atoms with Crippen LogP contribution in [-0.2, 0) is 9.53 Å². The van der Waals surface area contributed by atoms with Crippen molar-refractivity contribution < 1.29 is 14.1 Å². The predicted octanol–water partition coefficient (Wildman–Crippen LogP) is 1.61. The molecule has 0 radical (unpaired) electrons. The molecule has 5 nitrogen and oxygen atoms in total. The number of ketones is 1. The van der Waals surface area contributed by atoms with Gasteiger partial charge in [-0.15, -0.1) is 0 Å². The van der Waals surface area contributed by atoms with Crippen molar-refractivity contribution in [1.29, 1.82) is 0 Å². The maximum absolute atomic E-state index is 11.5. The smallest absolute Gasteiger partial charge is 0.237 e. The molecule has 0 spiro atoms. The van der Waals surface area contributed by atoms with Crippen LogP contribution in [0.4, 0.5) is 0 Å². The first kappa shape index (κ1) is 10.3. The molecule has 82 valence electrons. The van der Waals surface area contributed by atoms with Crippen LogP contribution in [0.1, 0.15) is 49.9 Å². The van der Waals surface area contributed by atoms with Crippen LogP contribution in [0.3, 0.4) is 0 Å². The highest BCUT2D eigenvalue weighted by Crippen LogP contribution is 2.30. The van der Waals surface area contributed by atoms with E-state index in [2.05, 4.69) is 10.1 Å². The van der Waals surface area contributed by atoms with Crippen molar-refractivity contribution in [3.8, 4) is 0 Å². The Balaban J connectivity index is 2.16. The standard InChI is InChI=1S/C10H14N2O3/c1-6(14-2)9-11-10(15-12-9)7-4-3-5-8(7)13/h6-7H,3-5H2,1-2H3. The lowest BCUT2D eigenvalue weighted by molar-refractivity contribution is -0.119. The third kappa shape index (κ3) is 1.92. The second kappa shape index (κ2) is 4.10. The van der Waals surface area contributed by atoms with Crippen molar-refractivity contribution in [2.45, 2.75) is 38.2 Å². The lowest BCUT2D eigenvalue weighted by Gasteiger charge is -2.01. The number of hydrogen-bond donors (Lipinski definition) is 0. The summed E-state index contributed by atoms with van der Waals surface area (Å²) in [6.45, 7) is 1.84. The molecule has 2 rings (SSSR count). The fraction of sp³-hybridized carbons (Fsp3) is 0.700. The molecule has 0 amide bonds. The van der Waals surface area contributed by atoms with Crippen LogP contribution in [0, 0.1) is 0 Å². The topological polar surface area (TPSA) is 65.2 Å². The Morgan fingerprint density at radius 2 is 2.40 bits per heavy atom. The first-order valence-corrected chi connectivity index (χ1v) is 5.11. The van der Waals surface area contributed by atoms with E-state index in [4.69, 9.17) is 9.26 Å². The molecule has 0 saturated heterocycles. The number of aromatic nitrogens is 2. The fourth-order valence-corrected chi connectivity index (χ4v) is 1.74. The van der Waals surface area contributed by atoms with Crippen molar-refractivity contribution >= 4 is 5.78 Å². The summed E-state index contributed by atoms with van der Waals surface area (Å²) in [4.78, 5) is 15.7. The molecule has 0 aliphatic heterocycles. The van der Waals surface area contributed by atoms with Gasteiger partial charge >= 0.3 is 0 Å². The average Bonchev–Trinajstić information content (AvgIpc) is 2.84. The molecule has 1 aliphatic carbocycles. The van der Waals surface area contributed by atoms with Gasteiger partial charge in [-0.1, -0.05) is 5.16 Å². The van der Waals surface area contributed by atoms with E-state index in [-0.39, 0.29) is 17.8 Å². The van der Waals surface area contributed by atoms with Crippen molar-refractivity contribution in [2.24, 2.45) is 0 Å². The maximum atomic E-state index is 11.5. The molecule has 0 aromatic carbocycles. The number of hydrogen-bond acceptors (Lipinski definition) is 5. The lowest BCUT2D eigenvalue weighted by Crippen LogP contribution is -2.05. The number of Topliss-reactive ketones (excluding diaryl/α,β-unsaturated/α-hetero) is 1. The minimum absolute atomic E-state index is 0.185. The van der Waals surface area contributed by atoms with E-state index in [0.29, 0.717) is 18.1 Å². The summed E-state index contributed by atoms with van der Waals surface area (Å²) in [5, 5.41) is 3.80. The fourth-order valence-electron chi connectivity index (χ4n) is 1.74. The van der Waals surface area contributed by atoms with Gasteiger partial charge in [0, 0.05) is 13.5 Å². The largest absolute Gasteiger partial charge is 0.374 e. The summed E-state index contributed by atoms with van der Waals surface area (Å²) < 4.78 is 10.1. The van der Waals surface area contributed by atoms with E-state index in [1.165, 1.54) is 0 Å². The minimum Gasteiger partial charge on any atom is -0.374 e. The maximum Gasteiger partial charge on any atom is 0.237 e. The van der Waals surface area contributed by atoms with E-state index < -0.39 is 0 Å². The van der Waals surface area contributed by atoms with Crippen LogP contribution < -0.4 is 0 Å². The normalized spacial score (nSPS) is 23.3. The SMILES string of the molecule is COC(C)c1noc(C2CCCC2=O)n1. The van der Waals surface area contributed by atoms with Gasteiger partial charge in [0.25, 0.3) is 0 Å². The Bertz CT molecular complexity index is 361. The van der Waals surface area contributed by atoms with Crippen LogP contribution in [0.15, 0.2) is 4.52 Å². The highest BCUT2D eigenvalue weighted by molar-refractivity contribution is 5.86. The Morgan fingerprint density at radius 1 is 1.60 bits per heavy atom. The molecule has 1 aromatic rings. The van der Waals surface area contributed by atoms with Crippen LogP contribution in [0.25, 0.3) is 0 Å². The molecule has 0 bridgehead atoms. The molecule has 1 heterocycles. The van der Waals surface area contributed by atoms with Crippen LogP contribution >= 0.6 is 0 Å². The number of methoxy groups -OCH3 is 1. The molecule has 2 unspecified atom stereocenters. The van der Waals surface area contributed by atoms with Gasteiger partial charge in [-0.2, -0.15) is 4.98 Å². The summed E-state index contributed by atoms with van der Waals surface area (Å²) >= 11 is 0. The molecule has 15 heavy (non-hydrogen) atoms. The molecule has 2 atom stereocenters. The molecular formula is C10H14N2O3. The van der Waals surface area contributed by atoms with E-state index >= 15 is 0 Å². The lowest BCUT2D eigenvalue weighted by atomic mass is 10.1. The number of rotatable bonds is 3. The molecule has 1 aromatic heterocycles. The highest BCUT2D eigenvalue weighted by atomic mass is 16.5. The Hall–Kier alpha value is -1.23. The van der Waals surface area contributed by atoms with Gasteiger partial charge in [-0.25, -0.2) is 0 Å². The second-order valence-electron chi connectivity index (χ2n) is 3.78. The Labute approximate surface area is 87.8 Å². The zero-order chi connectivity index (χ0) is 10.8. The summed E-state index contributed by atoms with van der Waals surface area (Å²) in [6, 6.07) is 0. The van der Waals surface area contributed by atoms with Gasteiger partial charge in [0.2, 0.25) is 5.89 Å². The van der Waals surface area contributed by atoms with E-state index in [1.54, 1.807) is 7.11 Å². The average molecular weight is 210 g/mol. The van der Waals surface area contributed by atoms with Crippen LogP contribution in [-0.4, -0.2) is 23.0 Å². The minimum atomic E-state index is -0.195. The second-order valence-corrected chi connectivity index (χ2v) is 3.78. The van der Waals surface area contributed by atoms with E-state index in [1.807, 2.05) is 6.92 Å². The number of nitrogens with zero attached hydrogens (tertiary/aromatic N) is 2. The Kier molecular flexibility index (Phi) is 2.81. The number of ether oxygens (including phenoxy) is 1. The van der Waals surface area contributed by atoms with Crippen molar-refractivity contribution in [3.63, 3.8) is 0 Å². The monoisotopic (exact) mass is 210 g/mol. The summed E-state index contributed by atoms with van der Waals surface area (Å²) in [6.07, 6.45) is 2.17. The van der Waals surface area contributed by atoms with Crippen molar-refractivity contribution in [1.82, 2.24) is 10.1 Å². The molecule has 0 N–H and O–H groups in total. The molecular weight excluding hydrogens is 196 g/mol. The van der Waals surface area contributed by atoms with Gasteiger partial charge in [-0.3, -0.25) is 4.79 Å². The third-order valence-electron chi connectivity index (χ3n) is 2.78. The van der Waals surface area contributed by atoms with Crippen LogP contribution in [0.2, 0.25) is 0 Å². The molecule has 1 fully saturated rings. The van der Waals surface area contributed by atoms with E-state index in [0.717, 1.165) is 12.8 Å². The van der Waals surface area contributed by atoms with Gasteiger partial charge in [0.1, 0.15) is 11.9 Å². The van der Waals surface area contributed by atoms with E-state index in [9.17, 15) is 4.79 Å². The third-order valence-corrected chi connectivity index (χ3v) is 2.78. The predicted molar refractivity (Wildman–Crippen MR) is 51.3 cm³/mol. The molecule has 5 heteroatoms. The van der Waals surface area contributed by atoms with Gasteiger partial charge in [0.05, 0.1) is 5.92 Å². The summed E-state index contributed by atoms with van der Waals surface area (Å²) in [5.74, 6) is 0.967. The zero-order valence-corrected chi connectivity index (χ0v) is 8.90. The summed E-state index contributed by atoms with van der Waals surface area (Å²) in [7, 11) is 1.58. The highest BCUT2D eigenvalue weighted by Gasteiger charge is 2.31. The van der Waals surface area contributed by atoms with Gasteiger partial charge < -0.3 is 9.26 Å². The van der Waals surface area contributed by atoms with Crippen LogP contribution in [0.5, 0.6) is 0 Å². The summed E-state index contributed by atoms with van der Waals surface area (Å²) in [5.41, 5.74) is 0. The zero-order valence-electron chi connectivity index (χ0n) is 8.90.